The molecule has 0 spiro atoms. The number of fused-ring (bicyclic) bond motifs is 1. The standard InChI is InChI=1S/C19H15N3O/c23-19(17-2-1-8-21-13-17)22-11-7-16-12-15(3-4-18(16)22)14-5-9-20-10-6-14/h1-6,8-10,12-13H,7,11H2. The molecule has 3 aromatic rings. The van der Waals surface area contributed by atoms with Crippen molar-refractivity contribution in [2.24, 2.45) is 0 Å². The molecule has 0 saturated heterocycles. The minimum Gasteiger partial charge on any atom is -0.308 e. The molecule has 1 amide bonds. The SMILES string of the molecule is O=C(c1cccnc1)N1CCc2cc(-c3ccncc3)ccc21. The van der Waals surface area contributed by atoms with E-state index in [-0.39, 0.29) is 5.91 Å². The molecule has 2 aromatic heterocycles. The van der Waals surface area contributed by atoms with Gasteiger partial charge in [0.2, 0.25) is 0 Å². The third kappa shape index (κ3) is 2.48. The maximum absolute atomic E-state index is 12.6. The molecule has 1 aromatic carbocycles. The Morgan fingerprint density at radius 3 is 2.61 bits per heavy atom. The van der Waals surface area contributed by atoms with Crippen LogP contribution in [0.15, 0.2) is 67.3 Å². The maximum atomic E-state index is 12.6. The van der Waals surface area contributed by atoms with Gasteiger partial charge in [-0.1, -0.05) is 6.07 Å². The largest absolute Gasteiger partial charge is 0.308 e. The molecule has 0 bridgehead atoms. The monoisotopic (exact) mass is 301 g/mol. The third-order valence-electron chi connectivity index (χ3n) is 4.14. The minimum atomic E-state index is 0.00788. The topological polar surface area (TPSA) is 46.1 Å². The van der Waals surface area contributed by atoms with Crippen LogP contribution in [-0.2, 0) is 6.42 Å². The van der Waals surface area contributed by atoms with Crippen molar-refractivity contribution in [2.75, 3.05) is 11.4 Å². The lowest BCUT2D eigenvalue weighted by molar-refractivity contribution is 0.0989. The summed E-state index contributed by atoms with van der Waals surface area (Å²) < 4.78 is 0. The van der Waals surface area contributed by atoms with E-state index in [0.29, 0.717) is 12.1 Å². The minimum absolute atomic E-state index is 0.00788. The first-order chi connectivity index (χ1) is 11.3. The normalized spacial score (nSPS) is 13.0. The fraction of sp³-hybridized carbons (Fsp3) is 0.105. The second-order valence-corrected chi connectivity index (χ2v) is 5.53. The number of amides is 1. The van der Waals surface area contributed by atoms with Gasteiger partial charge in [-0.3, -0.25) is 14.8 Å². The predicted octanol–water partition coefficient (Wildman–Crippen LogP) is 3.35. The Hall–Kier alpha value is -3.01. The molecule has 1 aliphatic rings. The zero-order valence-electron chi connectivity index (χ0n) is 12.5. The van der Waals surface area contributed by atoms with Gasteiger partial charge in [-0.2, -0.15) is 0 Å². The molecule has 0 unspecified atom stereocenters. The van der Waals surface area contributed by atoms with Gasteiger partial charge in [0.15, 0.2) is 0 Å². The van der Waals surface area contributed by atoms with Crippen molar-refractivity contribution in [1.82, 2.24) is 9.97 Å². The lowest BCUT2D eigenvalue weighted by Gasteiger charge is -2.17. The molecule has 4 nitrogen and oxygen atoms in total. The number of rotatable bonds is 2. The van der Waals surface area contributed by atoms with E-state index in [9.17, 15) is 4.79 Å². The van der Waals surface area contributed by atoms with Gasteiger partial charge in [0, 0.05) is 37.0 Å². The van der Waals surface area contributed by atoms with E-state index >= 15 is 0 Å². The van der Waals surface area contributed by atoms with Crippen molar-refractivity contribution in [1.29, 1.82) is 0 Å². The Bertz CT molecular complexity index is 847. The first-order valence-corrected chi connectivity index (χ1v) is 7.58. The summed E-state index contributed by atoms with van der Waals surface area (Å²) in [4.78, 5) is 22.6. The number of carbonyl (C=O) groups is 1. The molecule has 3 heterocycles. The van der Waals surface area contributed by atoms with Crippen molar-refractivity contribution in [2.45, 2.75) is 6.42 Å². The highest BCUT2D eigenvalue weighted by molar-refractivity contribution is 6.07. The van der Waals surface area contributed by atoms with Crippen molar-refractivity contribution in [3.63, 3.8) is 0 Å². The van der Waals surface area contributed by atoms with E-state index in [4.69, 9.17) is 0 Å². The number of hydrogen-bond acceptors (Lipinski definition) is 3. The zero-order chi connectivity index (χ0) is 15.6. The van der Waals surface area contributed by atoms with Crippen LogP contribution in [0.1, 0.15) is 15.9 Å². The van der Waals surface area contributed by atoms with Crippen molar-refractivity contribution in [3.05, 3.63) is 78.4 Å². The molecular formula is C19H15N3O. The summed E-state index contributed by atoms with van der Waals surface area (Å²) in [5, 5.41) is 0. The molecule has 4 heteroatoms. The highest BCUT2D eigenvalue weighted by Crippen LogP contribution is 2.33. The van der Waals surface area contributed by atoms with E-state index in [2.05, 4.69) is 22.1 Å². The van der Waals surface area contributed by atoms with Crippen LogP contribution in [0.5, 0.6) is 0 Å². The van der Waals surface area contributed by atoms with E-state index in [1.807, 2.05) is 23.1 Å². The van der Waals surface area contributed by atoms with E-state index in [1.165, 1.54) is 5.56 Å². The van der Waals surface area contributed by atoms with Crippen LogP contribution >= 0.6 is 0 Å². The number of anilines is 1. The van der Waals surface area contributed by atoms with Crippen LogP contribution in [-0.4, -0.2) is 22.4 Å². The smallest absolute Gasteiger partial charge is 0.259 e. The van der Waals surface area contributed by atoms with Gasteiger partial charge in [0.1, 0.15) is 0 Å². The van der Waals surface area contributed by atoms with Crippen LogP contribution in [0.25, 0.3) is 11.1 Å². The fourth-order valence-corrected chi connectivity index (χ4v) is 2.98. The average molecular weight is 301 g/mol. The molecule has 0 fully saturated rings. The van der Waals surface area contributed by atoms with Gasteiger partial charge >= 0.3 is 0 Å². The van der Waals surface area contributed by atoms with E-state index in [0.717, 1.165) is 23.2 Å². The Balaban J connectivity index is 1.67. The average Bonchev–Trinajstić information content (AvgIpc) is 3.05. The Kier molecular flexibility index (Phi) is 3.35. The third-order valence-corrected chi connectivity index (χ3v) is 4.14. The summed E-state index contributed by atoms with van der Waals surface area (Å²) in [6, 6.07) is 13.8. The fourth-order valence-electron chi connectivity index (χ4n) is 2.98. The maximum Gasteiger partial charge on any atom is 0.259 e. The first-order valence-electron chi connectivity index (χ1n) is 7.58. The van der Waals surface area contributed by atoms with Gasteiger partial charge in [-0.15, -0.1) is 0 Å². The second kappa shape index (κ2) is 5.65. The number of carbonyl (C=O) groups excluding carboxylic acids is 1. The van der Waals surface area contributed by atoms with Gasteiger partial charge in [-0.05, 0) is 59.5 Å². The second-order valence-electron chi connectivity index (χ2n) is 5.53. The molecule has 0 aliphatic carbocycles. The van der Waals surface area contributed by atoms with Crippen LogP contribution in [0, 0.1) is 0 Å². The van der Waals surface area contributed by atoms with Gasteiger partial charge < -0.3 is 4.90 Å². The summed E-state index contributed by atoms with van der Waals surface area (Å²) in [7, 11) is 0. The molecule has 0 saturated carbocycles. The summed E-state index contributed by atoms with van der Waals surface area (Å²) in [6.07, 6.45) is 7.75. The molecule has 4 rings (SSSR count). The zero-order valence-corrected chi connectivity index (χ0v) is 12.5. The van der Waals surface area contributed by atoms with E-state index < -0.39 is 0 Å². The predicted molar refractivity (Wildman–Crippen MR) is 89.3 cm³/mol. The lowest BCUT2D eigenvalue weighted by Crippen LogP contribution is -2.28. The number of nitrogens with zero attached hydrogens (tertiary/aromatic N) is 3. The summed E-state index contributed by atoms with van der Waals surface area (Å²) in [6.45, 7) is 0.711. The summed E-state index contributed by atoms with van der Waals surface area (Å²) >= 11 is 0. The van der Waals surface area contributed by atoms with Crippen molar-refractivity contribution < 1.29 is 4.79 Å². The molecule has 112 valence electrons. The number of hydrogen-bond donors (Lipinski definition) is 0. The van der Waals surface area contributed by atoms with E-state index in [1.54, 1.807) is 36.9 Å². The molecule has 1 aliphatic heterocycles. The Labute approximate surface area is 134 Å². The van der Waals surface area contributed by atoms with Crippen LogP contribution in [0.3, 0.4) is 0 Å². The van der Waals surface area contributed by atoms with Crippen LogP contribution in [0.4, 0.5) is 5.69 Å². The Morgan fingerprint density at radius 2 is 1.83 bits per heavy atom. The summed E-state index contributed by atoms with van der Waals surface area (Å²) in [5.41, 5.74) is 5.12. The van der Waals surface area contributed by atoms with Gasteiger partial charge in [-0.25, -0.2) is 0 Å². The number of aromatic nitrogens is 2. The first kappa shape index (κ1) is 13.6. The Morgan fingerprint density at radius 1 is 0.957 bits per heavy atom. The van der Waals surface area contributed by atoms with Crippen molar-refractivity contribution >= 4 is 11.6 Å². The molecular weight excluding hydrogens is 286 g/mol. The highest BCUT2D eigenvalue weighted by atomic mass is 16.2. The highest BCUT2D eigenvalue weighted by Gasteiger charge is 2.25. The molecule has 0 radical (unpaired) electrons. The quantitative estimate of drug-likeness (QED) is 0.729. The number of benzene rings is 1. The molecule has 0 atom stereocenters. The molecule has 23 heavy (non-hydrogen) atoms. The van der Waals surface area contributed by atoms with Gasteiger partial charge in [0.25, 0.3) is 5.91 Å². The summed E-state index contributed by atoms with van der Waals surface area (Å²) in [5.74, 6) is 0.00788. The lowest BCUT2D eigenvalue weighted by atomic mass is 10.0. The number of pyridine rings is 2. The van der Waals surface area contributed by atoms with Crippen molar-refractivity contribution in [3.8, 4) is 11.1 Å². The van der Waals surface area contributed by atoms with Crippen LogP contribution < -0.4 is 4.90 Å². The van der Waals surface area contributed by atoms with Gasteiger partial charge in [0.05, 0.1) is 5.56 Å². The van der Waals surface area contributed by atoms with Crippen LogP contribution in [0.2, 0.25) is 0 Å². The molecule has 0 N–H and O–H groups in total.